The van der Waals surface area contributed by atoms with Gasteiger partial charge in [0, 0.05) is 19.3 Å². The second-order valence-electron chi connectivity index (χ2n) is 2.33. The Bertz CT molecular complexity index is 86.9. The van der Waals surface area contributed by atoms with Gasteiger partial charge in [0.25, 0.3) is 0 Å². The molecule has 0 aromatic rings. The van der Waals surface area contributed by atoms with E-state index in [2.05, 4.69) is 32.4 Å². The number of rotatable bonds is 4. The van der Waals surface area contributed by atoms with E-state index in [-0.39, 0.29) is 0 Å². The maximum Gasteiger partial charge on any atom is 0.0143 e. The number of hydrogen-bond donors (Lipinski definition) is 0. The maximum absolute atomic E-state index is 3.94. The summed E-state index contributed by atoms with van der Waals surface area (Å²) in [5, 5.41) is 0. The van der Waals surface area contributed by atoms with Crippen LogP contribution in [0.4, 0.5) is 0 Å². The molecular weight excluding hydrogens is 134 g/mol. The van der Waals surface area contributed by atoms with Gasteiger partial charge in [-0.05, 0) is 13.3 Å². The number of hydrogen-bond acceptors (Lipinski definition) is 1. The molecule has 0 fully saturated rings. The molecule has 0 heterocycles. The monoisotopic (exact) mass is 157 g/mol. The van der Waals surface area contributed by atoms with E-state index in [0.29, 0.717) is 0 Å². The van der Waals surface area contributed by atoms with Crippen molar-refractivity contribution in [2.75, 3.05) is 13.6 Å². The standard InChI is InChI=1S/C8H17N.C2H6/c1-5-7-8(3)9(4)6-2;1-2/h3,5-7H2,1-2,4H3;1-2H3. The lowest BCUT2D eigenvalue weighted by atomic mass is 10.2. The van der Waals surface area contributed by atoms with Gasteiger partial charge in [-0.15, -0.1) is 0 Å². The van der Waals surface area contributed by atoms with Crippen LogP contribution in [0.15, 0.2) is 12.3 Å². The summed E-state index contributed by atoms with van der Waals surface area (Å²) in [6, 6.07) is 0. The Morgan fingerprint density at radius 3 is 2.00 bits per heavy atom. The number of allylic oxidation sites excluding steroid dienone is 1. The smallest absolute Gasteiger partial charge is 0.0143 e. The number of nitrogens with zero attached hydrogens (tertiary/aromatic N) is 1. The third kappa shape index (κ3) is 7.44. The van der Waals surface area contributed by atoms with E-state index in [1.807, 2.05) is 13.8 Å². The molecule has 0 unspecified atom stereocenters. The highest BCUT2D eigenvalue weighted by Crippen LogP contribution is 2.04. The fraction of sp³-hybridized carbons (Fsp3) is 0.800. The van der Waals surface area contributed by atoms with E-state index in [1.165, 1.54) is 12.1 Å². The minimum atomic E-state index is 1.07. The van der Waals surface area contributed by atoms with Crippen LogP contribution < -0.4 is 0 Å². The second-order valence-corrected chi connectivity index (χ2v) is 2.33. The Morgan fingerprint density at radius 1 is 1.27 bits per heavy atom. The van der Waals surface area contributed by atoms with E-state index in [1.54, 1.807) is 0 Å². The van der Waals surface area contributed by atoms with Crippen LogP contribution in [-0.2, 0) is 0 Å². The highest BCUT2D eigenvalue weighted by Gasteiger charge is 1.95. The molecule has 0 aliphatic rings. The summed E-state index contributed by atoms with van der Waals surface area (Å²) in [6.45, 7) is 13.3. The highest BCUT2D eigenvalue weighted by atomic mass is 15.1. The lowest BCUT2D eigenvalue weighted by Gasteiger charge is -2.18. The van der Waals surface area contributed by atoms with Gasteiger partial charge in [-0.25, -0.2) is 0 Å². The molecule has 0 radical (unpaired) electrons. The molecule has 0 saturated heterocycles. The largest absolute Gasteiger partial charge is 0.379 e. The molecule has 0 aromatic carbocycles. The quantitative estimate of drug-likeness (QED) is 0.605. The minimum Gasteiger partial charge on any atom is -0.379 e. The topological polar surface area (TPSA) is 3.24 Å². The molecule has 0 rings (SSSR count). The van der Waals surface area contributed by atoms with Gasteiger partial charge in [-0.1, -0.05) is 33.8 Å². The predicted octanol–water partition coefficient (Wildman–Crippen LogP) is 3.28. The fourth-order valence-corrected chi connectivity index (χ4v) is 0.703. The zero-order chi connectivity index (χ0) is 9.28. The van der Waals surface area contributed by atoms with Crippen LogP contribution in [0.1, 0.15) is 40.5 Å². The third-order valence-electron chi connectivity index (χ3n) is 1.55. The fourth-order valence-electron chi connectivity index (χ4n) is 0.703. The Kier molecular flexibility index (Phi) is 11.4. The van der Waals surface area contributed by atoms with Gasteiger partial charge >= 0.3 is 0 Å². The molecule has 68 valence electrons. The van der Waals surface area contributed by atoms with E-state index >= 15 is 0 Å². The third-order valence-corrected chi connectivity index (χ3v) is 1.55. The molecule has 0 saturated carbocycles. The van der Waals surface area contributed by atoms with Crippen molar-refractivity contribution in [2.24, 2.45) is 0 Å². The van der Waals surface area contributed by atoms with Crippen molar-refractivity contribution < 1.29 is 0 Å². The molecule has 1 nitrogen and oxygen atoms in total. The SMILES string of the molecule is C=C(CCC)N(C)CC.CC. The van der Waals surface area contributed by atoms with E-state index in [0.717, 1.165) is 13.0 Å². The summed E-state index contributed by atoms with van der Waals surface area (Å²) in [4.78, 5) is 2.18. The molecule has 0 aliphatic heterocycles. The van der Waals surface area contributed by atoms with Gasteiger partial charge in [-0.2, -0.15) is 0 Å². The Morgan fingerprint density at radius 2 is 1.73 bits per heavy atom. The van der Waals surface area contributed by atoms with Crippen LogP contribution in [0.25, 0.3) is 0 Å². The molecule has 0 aliphatic carbocycles. The lowest BCUT2D eigenvalue weighted by molar-refractivity contribution is 0.424. The first-order chi connectivity index (χ1) is 5.22. The summed E-state index contributed by atoms with van der Waals surface area (Å²) < 4.78 is 0. The first-order valence-electron chi connectivity index (χ1n) is 4.61. The zero-order valence-electron chi connectivity index (χ0n) is 8.78. The molecule has 0 aromatic heterocycles. The van der Waals surface area contributed by atoms with Gasteiger partial charge < -0.3 is 4.90 Å². The van der Waals surface area contributed by atoms with Crippen molar-refractivity contribution in [1.82, 2.24) is 4.90 Å². The van der Waals surface area contributed by atoms with E-state index < -0.39 is 0 Å². The average molecular weight is 157 g/mol. The highest BCUT2D eigenvalue weighted by molar-refractivity contribution is 4.90. The summed E-state index contributed by atoms with van der Waals surface area (Å²) in [7, 11) is 2.08. The van der Waals surface area contributed by atoms with Crippen LogP contribution in [0.5, 0.6) is 0 Å². The molecule has 0 bridgehead atoms. The van der Waals surface area contributed by atoms with Crippen LogP contribution >= 0.6 is 0 Å². The summed E-state index contributed by atoms with van der Waals surface area (Å²) in [6.07, 6.45) is 2.33. The summed E-state index contributed by atoms with van der Waals surface area (Å²) in [5.41, 5.74) is 1.25. The van der Waals surface area contributed by atoms with Gasteiger partial charge in [0.15, 0.2) is 0 Å². The van der Waals surface area contributed by atoms with Crippen molar-refractivity contribution in [2.45, 2.75) is 40.5 Å². The Labute approximate surface area is 72.1 Å². The van der Waals surface area contributed by atoms with Crippen LogP contribution in [0.2, 0.25) is 0 Å². The average Bonchev–Trinajstić information content (AvgIpc) is 2.07. The molecule has 0 atom stereocenters. The van der Waals surface area contributed by atoms with Gasteiger partial charge in [-0.3, -0.25) is 0 Å². The molecule has 11 heavy (non-hydrogen) atoms. The summed E-state index contributed by atoms with van der Waals surface area (Å²) >= 11 is 0. The minimum absolute atomic E-state index is 1.07. The van der Waals surface area contributed by atoms with Crippen molar-refractivity contribution >= 4 is 0 Å². The van der Waals surface area contributed by atoms with E-state index in [9.17, 15) is 0 Å². The second kappa shape index (κ2) is 9.54. The van der Waals surface area contributed by atoms with E-state index in [4.69, 9.17) is 0 Å². The van der Waals surface area contributed by atoms with Gasteiger partial charge in [0.05, 0.1) is 0 Å². The normalized spacial score (nSPS) is 8.09. The molecular formula is C10H23N. The molecule has 0 spiro atoms. The predicted molar refractivity (Wildman–Crippen MR) is 53.7 cm³/mol. The van der Waals surface area contributed by atoms with Gasteiger partial charge in [0.2, 0.25) is 0 Å². The molecule has 1 heteroatoms. The molecule has 0 amide bonds. The van der Waals surface area contributed by atoms with Crippen molar-refractivity contribution in [1.29, 1.82) is 0 Å². The van der Waals surface area contributed by atoms with Crippen LogP contribution in [0, 0.1) is 0 Å². The van der Waals surface area contributed by atoms with Crippen molar-refractivity contribution in [3.63, 3.8) is 0 Å². The van der Waals surface area contributed by atoms with Crippen molar-refractivity contribution in [3.8, 4) is 0 Å². The first kappa shape index (κ1) is 13.2. The lowest BCUT2D eigenvalue weighted by Crippen LogP contribution is -2.15. The van der Waals surface area contributed by atoms with Crippen LogP contribution in [-0.4, -0.2) is 18.5 Å². The molecule has 0 N–H and O–H groups in total. The van der Waals surface area contributed by atoms with Gasteiger partial charge in [0.1, 0.15) is 0 Å². The Balaban J connectivity index is 0. The van der Waals surface area contributed by atoms with Crippen LogP contribution in [0.3, 0.4) is 0 Å². The first-order valence-corrected chi connectivity index (χ1v) is 4.61. The summed E-state index contributed by atoms with van der Waals surface area (Å²) in [5.74, 6) is 0. The van der Waals surface area contributed by atoms with Crippen molar-refractivity contribution in [3.05, 3.63) is 12.3 Å². The Hall–Kier alpha value is -0.460. The maximum atomic E-state index is 3.94. The zero-order valence-corrected chi connectivity index (χ0v) is 8.78.